The molecule has 0 saturated heterocycles. The van der Waals surface area contributed by atoms with Gasteiger partial charge in [0.25, 0.3) is 15.9 Å². The lowest BCUT2D eigenvalue weighted by Crippen LogP contribution is -2.17. The Labute approximate surface area is 190 Å². The molecule has 0 aliphatic carbocycles. The number of amides is 2. The van der Waals surface area contributed by atoms with Crippen molar-refractivity contribution in [2.75, 3.05) is 22.0 Å². The van der Waals surface area contributed by atoms with Gasteiger partial charge in [0, 0.05) is 22.6 Å². The fourth-order valence-electron chi connectivity index (χ4n) is 2.62. The molecule has 2 aromatic carbocycles. The predicted molar refractivity (Wildman–Crippen MR) is 126 cm³/mol. The summed E-state index contributed by atoms with van der Waals surface area (Å²) in [5.41, 5.74) is 1.47. The zero-order chi connectivity index (χ0) is 23.1. The third-order valence-electron chi connectivity index (χ3n) is 4.05. The molecule has 0 saturated carbocycles. The van der Waals surface area contributed by atoms with E-state index in [1.165, 1.54) is 12.1 Å². The monoisotopic (exact) mass is 473 g/mol. The van der Waals surface area contributed by atoms with E-state index >= 15 is 0 Å². The number of carbonyl (C=O) groups excluding carboxylic acids is 2. The number of ether oxygens (including phenoxy) is 1. The molecule has 2 amide bonds. The van der Waals surface area contributed by atoms with E-state index in [1.807, 2.05) is 13.8 Å². The first-order valence-corrected chi connectivity index (χ1v) is 12.1. The number of benzene rings is 2. The Hall–Kier alpha value is -3.37. The van der Waals surface area contributed by atoms with Crippen LogP contribution in [0.1, 0.15) is 24.2 Å². The Kier molecular flexibility index (Phi) is 7.49. The lowest BCUT2D eigenvalue weighted by atomic mass is 10.2. The lowest BCUT2D eigenvalue weighted by Gasteiger charge is -2.11. The van der Waals surface area contributed by atoms with Gasteiger partial charge in [-0.25, -0.2) is 13.2 Å². The summed E-state index contributed by atoms with van der Waals surface area (Å²) in [7, 11) is -3.71. The van der Waals surface area contributed by atoms with Gasteiger partial charge in [0.15, 0.2) is 0 Å². The highest BCUT2D eigenvalue weighted by atomic mass is 32.2. The van der Waals surface area contributed by atoms with E-state index in [2.05, 4.69) is 15.4 Å². The Morgan fingerprint density at radius 1 is 0.938 bits per heavy atom. The van der Waals surface area contributed by atoms with Crippen molar-refractivity contribution in [3.63, 3.8) is 0 Å². The topological polar surface area (TPSA) is 114 Å². The summed E-state index contributed by atoms with van der Waals surface area (Å²) in [6, 6.07) is 15.9. The van der Waals surface area contributed by atoms with E-state index in [4.69, 9.17) is 4.74 Å². The van der Waals surface area contributed by atoms with Crippen LogP contribution in [0.25, 0.3) is 0 Å². The van der Waals surface area contributed by atoms with Gasteiger partial charge >= 0.3 is 6.09 Å². The van der Waals surface area contributed by atoms with Crippen LogP contribution in [0.4, 0.5) is 21.9 Å². The van der Waals surface area contributed by atoms with Crippen LogP contribution >= 0.6 is 11.3 Å². The van der Waals surface area contributed by atoms with Crippen molar-refractivity contribution >= 4 is 50.4 Å². The van der Waals surface area contributed by atoms with E-state index in [0.29, 0.717) is 18.0 Å². The molecule has 0 aliphatic heterocycles. The maximum absolute atomic E-state index is 12.7. The second-order valence-corrected chi connectivity index (χ2v) is 10.1. The van der Waals surface area contributed by atoms with Crippen LogP contribution in [-0.2, 0) is 14.8 Å². The minimum atomic E-state index is -3.71. The Bertz CT molecular complexity index is 1190. The summed E-state index contributed by atoms with van der Waals surface area (Å²) in [6.45, 7) is 4.17. The number of sulfonamides is 1. The number of carbonyl (C=O) groups is 2. The molecule has 0 unspecified atom stereocenters. The normalized spacial score (nSPS) is 11.1. The van der Waals surface area contributed by atoms with Crippen molar-refractivity contribution in [3.05, 3.63) is 71.6 Å². The van der Waals surface area contributed by atoms with E-state index < -0.39 is 22.0 Å². The van der Waals surface area contributed by atoms with Crippen LogP contribution < -0.4 is 15.4 Å². The van der Waals surface area contributed by atoms with Crippen molar-refractivity contribution < 1.29 is 22.7 Å². The van der Waals surface area contributed by atoms with Crippen molar-refractivity contribution in [3.8, 4) is 0 Å². The first-order chi connectivity index (χ1) is 15.2. The predicted octanol–water partition coefficient (Wildman–Crippen LogP) is 5.01. The Balaban J connectivity index is 1.66. The van der Waals surface area contributed by atoms with E-state index in [1.54, 1.807) is 53.9 Å². The zero-order valence-electron chi connectivity index (χ0n) is 17.5. The zero-order valence-corrected chi connectivity index (χ0v) is 19.1. The molecule has 3 N–H and O–H groups in total. The number of hydrogen-bond acceptors (Lipinski definition) is 6. The van der Waals surface area contributed by atoms with Crippen LogP contribution in [-0.4, -0.2) is 27.0 Å². The SMILES string of the molecule is CC(C)COC(=O)Nc1cccc(NC(=O)c2cccc(NS(=O)(=O)c3cccs3)c2)c1. The van der Waals surface area contributed by atoms with Gasteiger partial charge in [-0.15, -0.1) is 11.3 Å². The van der Waals surface area contributed by atoms with Crippen LogP contribution in [0, 0.1) is 5.92 Å². The van der Waals surface area contributed by atoms with Gasteiger partial charge in [-0.3, -0.25) is 14.8 Å². The van der Waals surface area contributed by atoms with Gasteiger partial charge in [0.1, 0.15) is 4.21 Å². The molecule has 3 rings (SSSR count). The van der Waals surface area contributed by atoms with Gasteiger partial charge in [-0.05, 0) is 53.8 Å². The Morgan fingerprint density at radius 2 is 1.62 bits per heavy atom. The van der Waals surface area contributed by atoms with Crippen molar-refractivity contribution in [1.82, 2.24) is 0 Å². The first-order valence-electron chi connectivity index (χ1n) is 9.74. The summed E-state index contributed by atoms with van der Waals surface area (Å²) < 4.78 is 32.5. The number of nitrogens with one attached hydrogen (secondary N) is 3. The smallest absolute Gasteiger partial charge is 0.411 e. The third-order valence-corrected chi connectivity index (χ3v) is 6.83. The number of thiophene rings is 1. The average Bonchev–Trinajstić information content (AvgIpc) is 3.28. The summed E-state index contributed by atoms with van der Waals surface area (Å²) in [6.07, 6.45) is -0.576. The standard InChI is InChI=1S/C22H23N3O5S2/c1-15(2)14-30-22(27)24-18-8-4-7-17(13-18)23-21(26)16-6-3-9-19(12-16)25-32(28,29)20-10-5-11-31-20/h3-13,15,25H,14H2,1-2H3,(H,23,26)(H,24,27). The Morgan fingerprint density at radius 3 is 2.31 bits per heavy atom. The second kappa shape index (κ2) is 10.3. The molecule has 0 atom stereocenters. The maximum atomic E-state index is 12.7. The average molecular weight is 474 g/mol. The molecule has 0 radical (unpaired) electrons. The first kappa shape index (κ1) is 23.3. The third kappa shape index (κ3) is 6.56. The molecule has 10 heteroatoms. The van der Waals surface area contributed by atoms with Crippen molar-refractivity contribution in [2.45, 2.75) is 18.1 Å². The van der Waals surface area contributed by atoms with Gasteiger partial charge in [-0.2, -0.15) is 0 Å². The number of hydrogen-bond donors (Lipinski definition) is 3. The van der Waals surface area contributed by atoms with Crippen molar-refractivity contribution in [2.24, 2.45) is 5.92 Å². The molecule has 0 aliphatic rings. The molecule has 1 heterocycles. The molecule has 8 nitrogen and oxygen atoms in total. The largest absolute Gasteiger partial charge is 0.449 e. The highest BCUT2D eigenvalue weighted by molar-refractivity contribution is 7.94. The molecular formula is C22H23N3O5S2. The highest BCUT2D eigenvalue weighted by Crippen LogP contribution is 2.22. The minimum absolute atomic E-state index is 0.184. The molecular weight excluding hydrogens is 450 g/mol. The van der Waals surface area contributed by atoms with Crippen LogP contribution in [0.5, 0.6) is 0 Å². The van der Waals surface area contributed by atoms with Crippen LogP contribution in [0.3, 0.4) is 0 Å². The lowest BCUT2D eigenvalue weighted by molar-refractivity contribution is 0.102. The molecule has 32 heavy (non-hydrogen) atoms. The fraction of sp³-hybridized carbons (Fsp3) is 0.182. The van der Waals surface area contributed by atoms with Gasteiger partial charge < -0.3 is 10.1 Å². The summed E-state index contributed by atoms with van der Waals surface area (Å²) in [5.74, 6) is -0.210. The van der Waals surface area contributed by atoms with Crippen molar-refractivity contribution in [1.29, 1.82) is 0 Å². The van der Waals surface area contributed by atoms with Crippen LogP contribution in [0.15, 0.2) is 70.3 Å². The van der Waals surface area contributed by atoms with E-state index in [-0.39, 0.29) is 21.4 Å². The highest BCUT2D eigenvalue weighted by Gasteiger charge is 2.16. The van der Waals surface area contributed by atoms with Gasteiger partial charge in [0.2, 0.25) is 0 Å². The number of rotatable bonds is 8. The van der Waals surface area contributed by atoms with E-state index in [0.717, 1.165) is 11.3 Å². The number of anilines is 3. The molecule has 3 aromatic rings. The molecule has 0 bridgehead atoms. The molecule has 0 spiro atoms. The molecule has 168 valence electrons. The van der Waals surface area contributed by atoms with Gasteiger partial charge in [-0.1, -0.05) is 32.0 Å². The molecule has 0 fully saturated rings. The minimum Gasteiger partial charge on any atom is -0.449 e. The van der Waals surface area contributed by atoms with Crippen LogP contribution in [0.2, 0.25) is 0 Å². The van der Waals surface area contributed by atoms with Gasteiger partial charge in [0.05, 0.1) is 6.61 Å². The molecule has 1 aromatic heterocycles. The summed E-state index contributed by atoms with van der Waals surface area (Å²) in [5, 5.41) is 7.02. The summed E-state index contributed by atoms with van der Waals surface area (Å²) in [4.78, 5) is 24.5. The van der Waals surface area contributed by atoms with E-state index in [9.17, 15) is 18.0 Å². The summed E-state index contributed by atoms with van der Waals surface area (Å²) >= 11 is 1.10. The maximum Gasteiger partial charge on any atom is 0.411 e. The quantitative estimate of drug-likeness (QED) is 0.426. The fourth-order valence-corrected chi connectivity index (χ4v) is 4.66. The second-order valence-electron chi connectivity index (χ2n) is 7.27.